The van der Waals surface area contributed by atoms with Gasteiger partial charge < -0.3 is 10.2 Å². The minimum atomic E-state index is -0.601. The highest BCUT2D eigenvalue weighted by Gasteiger charge is 2.29. The number of benzene rings is 2. The Labute approximate surface area is 183 Å². The van der Waals surface area contributed by atoms with Crippen LogP contribution in [-0.4, -0.2) is 29.3 Å². The normalized spacial score (nSPS) is 11.7. The first-order chi connectivity index (χ1) is 14.0. The van der Waals surface area contributed by atoms with E-state index in [1.54, 1.807) is 24.0 Å². The van der Waals surface area contributed by atoms with Crippen molar-refractivity contribution in [2.45, 2.75) is 52.1 Å². The van der Waals surface area contributed by atoms with Gasteiger partial charge in [0.2, 0.25) is 11.8 Å². The highest BCUT2D eigenvalue weighted by Crippen LogP contribution is 2.24. The minimum absolute atomic E-state index is 0.0809. The first kappa shape index (κ1) is 23.2. The molecule has 0 heterocycles. The van der Waals surface area contributed by atoms with Crippen molar-refractivity contribution in [3.63, 3.8) is 0 Å². The Hall–Kier alpha value is -2.04. The number of carbonyl (C=O) groups is 2. The summed E-state index contributed by atoms with van der Waals surface area (Å²) in [4.78, 5) is 27.5. The lowest BCUT2D eigenvalue weighted by Crippen LogP contribution is -2.50. The first-order valence-electron chi connectivity index (χ1n) is 10.0. The molecule has 0 saturated heterocycles. The molecule has 0 aliphatic heterocycles. The van der Waals surface area contributed by atoms with Crippen LogP contribution in [0.15, 0.2) is 48.5 Å². The molecule has 0 unspecified atom stereocenters. The largest absolute Gasteiger partial charge is 0.354 e. The monoisotopic (exact) mass is 434 g/mol. The number of hydrogen-bond donors (Lipinski definition) is 1. The Morgan fingerprint density at radius 2 is 1.72 bits per heavy atom. The molecular formula is C23H28Cl2N2O2. The average Bonchev–Trinajstić information content (AvgIpc) is 2.73. The Morgan fingerprint density at radius 1 is 1.00 bits per heavy atom. The predicted molar refractivity (Wildman–Crippen MR) is 119 cm³/mol. The summed E-state index contributed by atoms with van der Waals surface area (Å²) in [5.41, 5.74) is 1.84. The molecule has 0 spiro atoms. The molecule has 4 nitrogen and oxygen atoms in total. The maximum absolute atomic E-state index is 13.0. The van der Waals surface area contributed by atoms with Gasteiger partial charge in [0.05, 0.1) is 10.0 Å². The lowest BCUT2D eigenvalue weighted by molar-refractivity contribution is -0.141. The van der Waals surface area contributed by atoms with Crippen molar-refractivity contribution in [3.05, 3.63) is 69.7 Å². The van der Waals surface area contributed by atoms with Crippen LogP contribution in [0.2, 0.25) is 10.0 Å². The predicted octanol–water partition coefficient (Wildman–Crippen LogP) is 5.26. The van der Waals surface area contributed by atoms with Gasteiger partial charge in [-0.15, -0.1) is 0 Å². The Balaban J connectivity index is 2.32. The van der Waals surface area contributed by atoms with E-state index >= 15 is 0 Å². The maximum Gasteiger partial charge on any atom is 0.243 e. The van der Waals surface area contributed by atoms with Crippen molar-refractivity contribution in [2.24, 2.45) is 0 Å². The van der Waals surface area contributed by atoms with Gasteiger partial charge >= 0.3 is 0 Å². The van der Waals surface area contributed by atoms with E-state index in [1.165, 1.54) is 0 Å². The highest BCUT2D eigenvalue weighted by molar-refractivity contribution is 6.42. The molecule has 2 amide bonds. The van der Waals surface area contributed by atoms with Crippen LogP contribution in [0.25, 0.3) is 0 Å². The van der Waals surface area contributed by atoms with Crippen LogP contribution in [0.4, 0.5) is 0 Å². The van der Waals surface area contributed by atoms with Crippen molar-refractivity contribution in [2.75, 3.05) is 6.54 Å². The third-order valence-corrected chi connectivity index (χ3v) is 5.48. The summed E-state index contributed by atoms with van der Waals surface area (Å²) in [7, 11) is 0. The van der Waals surface area contributed by atoms with Gasteiger partial charge in [-0.2, -0.15) is 0 Å². The van der Waals surface area contributed by atoms with Crippen molar-refractivity contribution < 1.29 is 9.59 Å². The number of halogens is 2. The van der Waals surface area contributed by atoms with E-state index in [-0.39, 0.29) is 11.8 Å². The number of nitrogens with zero attached hydrogens (tertiary/aromatic N) is 1. The zero-order chi connectivity index (χ0) is 21.2. The second kappa shape index (κ2) is 11.8. The van der Waals surface area contributed by atoms with Crippen LogP contribution in [-0.2, 0) is 22.6 Å². The summed E-state index contributed by atoms with van der Waals surface area (Å²) in [5, 5.41) is 3.88. The Kier molecular flexibility index (Phi) is 9.49. The molecule has 0 aliphatic carbocycles. The van der Waals surface area contributed by atoms with Crippen molar-refractivity contribution in [3.8, 4) is 0 Å². The van der Waals surface area contributed by atoms with E-state index in [1.807, 2.05) is 36.4 Å². The van der Waals surface area contributed by atoms with Crippen molar-refractivity contribution >= 4 is 35.0 Å². The second-order valence-corrected chi connectivity index (χ2v) is 7.79. The fourth-order valence-corrected chi connectivity index (χ4v) is 3.42. The summed E-state index contributed by atoms with van der Waals surface area (Å²) < 4.78 is 0. The number of rotatable bonds is 10. The van der Waals surface area contributed by atoms with Gasteiger partial charge in [0.15, 0.2) is 0 Å². The summed E-state index contributed by atoms with van der Waals surface area (Å²) in [6, 6.07) is 14.4. The second-order valence-electron chi connectivity index (χ2n) is 6.97. The van der Waals surface area contributed by atoms with Gasteiger partial charge in [-0.3, -0.25) is 9.59 Å². The molecule has 0 aliphatic rings. The van der Waals surface area contributed by atoms with Crippen LogP contribution in [0.3, 0.4) is 0 Å². The molecule has 0 bridgehead atoms. The topological polar surface area (TPSA) is 49.4 Å². The first-order valence-corrected chi connectivity index (χ1v) is 10.8. The van der Waals surface area contributed by atoms with Gasteiger partial charge in [-0.1, -0.05) is 79.9 Å². The van der Waals surface area contributed by atoms with Crippen LogP contribution >= 0.6 is 23.2 Å². The molecule has 2 aromatic rings. The maximum atomic E-state index is 13.0. The summed E-state index contributed by atoms with van der Waals surface area (Å²) in [6.45, 7) is 4.77. The van der Waals surface area contributed by atoms with E-state index in [2.05, 4.69) is 12.2 Å². The van der Waals surface area contributed by atoms with E-state index in [9.17, 15) is 9.59 Å². The fourth-order valence-electron chi connectivity index (χ4n) is 3.10. The molecule has 29 heavy (non-hydrogen) atoms. The molecule has 0 fully saturated rings. The van der Waals surface area contributed by atoms with Gasteiger partial charge in [-0.05, 0) is 29.7 Å². The number of hydrogen-bond acceptors (Lipinski definition) is 2. The van der Waals surface area contributed by atoms with Gasteiger partial charge in [0.25, 0.3) is 0 Å². The molecule has 2 aromatic carbocycles. The van der Waals surface area contributed by atoms with Crippen LogP contribution < -0.4 is 5.32 Å². The fraction of sp³-hybridized carbons (Fsp3) is 0.391. The zero-order valence-electron chi connectivity index (χ0n) is 17.0. The summed E-state index contributed by atoms with van der Waals surface area (Å²) in [6.07, 6.45) is 2.66. The molecule has 0 saturated carbocycles. The molecule has 2 rings (SSSR count). The van der Waals surface area contributed by atoms with E-state index in [0.29, 0.717) is 36.0 Å². The molecular weight excluding hydrogens is 407 g/mol. The molecule has 156 valence electrons. The molecule has 1 N–H and O–H groups in total. The van der Waals surface area contributed by atoms with E-state index in [4.69, 9.17) is 23.2 Å². The van der Waals surface area contributed by atoms with Gasteiger partial charge in [0, 0.05) is 25.9 Å². The van der Waals surface area contributed by atoms with Crippen molar-refractivity contribution in [1.82, 2.24) is 10.2 Å². The average molecular weight is 435 g/mol. The number of nitrogens with one attached hydrogen (secondary N) is 1. The molecule has 0 radical (unpaired) electrons. The third kappa shape index (κ3) is 7.06. The van der Waals surface area contributed by atoms with E-state index < -0.39 is 6.04 Å². The molecule has 6 heteroatoms. The van der Waals surface area contributed by atoms with Crippen LogP contribution in [0, 0.1) is 0 Å². The Morgan fingerprint density at radius 3 is 2.34 bits per heavy atom. The molecule has 0 aromatic heterocycles. The number of carbonyl (C=O) groups excluding carboxylic acids is 2. The van der Waals surface area contributed by atoms with E-state index in [0.717, 1.165) is 24.0 Å². The van der Waals surface area contributed by atoms with Gasteiger partial charge in [-0.25, -0.2) is 0 Å². The smallest absolute Gasteiger partial charge is 0.243 e. The summed E-state index contributed by atoms with van der Waals surface area (Å²) in [5.74, 6) is -0.216. The minimum Gasteiger partial charge on any atom is -0.354 e. The summed E-state index contributed by atoms with van der Waals surface area (Å²) >= 11 is 12.2. The SMILES string of the molecule is CCCCNC(=O)[C@H](Cc1ccccc1)N(Cc1ccc(Cl)c(Cl)c1)C(=O)CC. The lowest BCUT2D eigenvalue weighted by Gasteiger charge is -2.31. The van der Waals surface area contributed by atoms with Crippen LogP contribution in [0.1, 0.15) is 44.2 Å². The third-order valence-electron chi connectivity index (χ3n) is 4.74. The van der Waals surface area contributed by atoms with Crippen molar-refractivity contribution in [1.29, 1.82) is 0 Å². The van der Waals surface area contributed by atoms with Crippen LogP contribution in [0.5, 0.6) is 0 Å². The number of unbranched alkanes of at least 4 members (excludes halogenated alkanes) is 1. The molecule has 1 atom stereocenters. The highest BCUT2D eigenvalue weighted by atomic mass is 35.5. The number of amides is 2. The standard InChI is InChI=1S/C23H28Cl2N2O2/c1-3-5-13-26-23(29)21(15-17-9-7-6-8-10-17)27(22(28)4-2)16-18-11-12-19(24)20(25)14-18/h6-12,14,21H,3-5,13,15-16H2,1-2H3,(H,26,29)/t21-/m0/s1. The Bertz CT molecular complexity index is 812. The quantitative estimate of drug-likeness (QED) is 0.518. The zero-order valence-corrected chi connectivity index (χ0v) is 18.5. The lowest BCUT2D eigenvalue weighted by atomic mass is 10.0. The van der Waals surface area contributed by atoms with Gasteiger partial charge in [0.1, 0.15) is 6.04 Å².